The van der Waals surface area contributed by atoms with Crippen LogP contribution in [0.2, 0.25) is 0 Å². The van der Waals surface area contributed by atoms with E-state index in [1.807, 2.05) is 0 Å². The van der Waals surface area contributed by atoms with Crippen molar-refractivity contribution in [2.45, 2.75) is 26.3 Å². The highest BCUT2D eigenvalue weighted by molar-refractivity contribution is 5.85. The van der Waals surface area contributed by atoms with Gasteiger partial charge < -0.3 is 15.2 Å². The summed E-state index contributed by atoms with van der Waals surface area (Å²) in [4.78, 5) is 21.3. The second-order valence-corrected chi connectivity index (χ2v) is 2.34. The van der Waals surface area contributed by atoms with E-state index in [9.17, 15) is 9.59 Å². The molecule has 0 saturated carbocycles. The monoisotopic (exact) mass is 211 g/mol. The molecule has 0 aliphatic rings. The van der Waals surface area contributed by atoms with Crippen LogP contribution >= 0.6 is 12.4 Å². The van der Waals surface area contributed by atoms with E-state index in [0.717, 1.165) is 0 Å². The largest absolute Gasteiger partial charge is 0.516 e. The van der Waals surface area contributed by atoms with Gasteiger partial charge in [-0.15, -0.1) is 12.4 Å². The lowest BCUT2D eigenvalue weighted by Crippen LogP contribution is -2.23. The molecule has 6 heteroatoms. The SMILES string of the molecule is CCOC(=O)OC(=O)C[C@H](C)N.Cl. The lowest BCUT2D eigenvalue weighted by molar-refractivity contribution is -0.140. The zero-order valence-corrected chi connectivity index (χ0v) is 8.43. The second-order valence-electron chi connectivity index (χ2n) is 2.34. The smallest absolute Gasteiger partial charge is 0.434 e. The van der Waals surface area contributed by atoms with E-state index in [2.05, 4.69) is 9.47 Å². The third-order valence-corrected chi connectivity index (χ3v) is 0.948. The standard InChI is InChI=1S/C7H13NO4.ClH/c1-3-11-7(10)12-6(9)4-5(2)8;/h5H,3-4,8H2,1-2H3;1H/t5-;/m0./s1. The van der Waals surface area contributed by atoms with Crippen LogP contribution in [0, 0.1) is 0 Å². The number of hydrogen-bond acceptors (Lipinski definition) is 5. The quantitative estimate of drug-likeness (QED) is 0.553. The van der Waals surface area contributed by atoms with Gasteiger partial charge in [-0.1, -0.05) is 0 Å². The Hall–Kier alpha value is -0.810. The normalized spacial score (nSPS) is 11.0. The second kappa shape index (κ2) is 7.82. The molecule has 5 nitrogen and oxygen atoms in total. The van der Waals surface area contributed by atoms with Gasteiger partial charge in [-0.05, 0) is 13.8 Å². The molecular formula is C7H14ClNO4. The predicted molar refractivity (Wildman–Crippen MR) is 48.6 cm³/mol. The Labute approximate surface area is 83.0 Å². The van der Waals surface area contributed by atoms with Gasteiger partial charge in [0.1, 0.15) is 0 Å². The van der Waals surface area contributed by atoms with Crippen LogP contribution in [0.3, 0.4) is 0 Å². The number of carbonyl (C=O) groups is 2. The van der Waals surface area contributed by atoms with Crippen LogP contribution in [0.25, 0.3) is 0 Å². The molecule has 13 heavy (non-hydrogen) atoms. The molecule has 0 amide bonds. The number of hydrogen-bond donors (Lipinski definition) is 1. The van der Waals surface area contributed by atoms with E-state index >= 15 is 0 Å². The van der Waals surface area contributed by atoms with E-state index < -0.39 is 12.1 Å². The third-order valence-electron chi connectivity index (χ3n) is 0.948. The van der Waals surface area contributed by atoms with E-state index in [-0.39, 0.29) is 31.5 Å². The minimum absolute atomic E-state index is 0. The molecule has 2 N–H and O–H groups in total. The summed E-state index contributed by atoms with van der Waals surface area (Å²) >= 11 is 0. The number of rotatable bonds is 3. The van der Waals surface area contributed by atoms with Gasteiger partial charge in [-0.25, -0.2) is 4.79 Å². The van der Waals surface area contributed by atoms with Gasteiger partial charge in [0.15, 0.2) is 0 Å². The van der Waals surface area contributed by atoms with Crippen molar-refractivity contribution in [3.05, 3.63) is 0 Å². The fraction of sp³-hybridized carbons (Fsp3) is 0.714. The molecule has 0 aromatic heterocycles. The molecule has 0 radical (unpaired) electrons. The fourth-order valence-electron chi connectivity index (χ4n) is 0.545. The van der Waals surface area contributed by atoms with Crippen molar-refractivity contribution in [1.29, 1.82) is 0 Å². The average molecular weight is 212 g/mol. The Balaban J connectivity index is 0. The number of esters is 1. The van der Waals surface area contributed by atoms with Crippen LogP contribution < -0.4 is 5.73 Å². The first-order valence-corrected chi connectivity index (χ1v) is 3.69. The summed E-state index contributed by atoms with van der Waals surface area (Å²) in [5.74, 6) is -0.663. The molecular weight excluding hydrogens is 198 g/mol. The average Bonchev–Trinajstić information content (AvgIpc) is 1.84. The van der Waals surface area contributed by atoms with Crippen molar-refractivity contribution < 1.29 is 19.1 Å². The number of ether oxygens (including phenoxy) is 2. The molecule has 0 bridgehead atoms. The Morgan fingerprint density at radius 3 is 2.38 bits per heavy atom. The Kier molecular flexibility index (Phi) is 8.84. The number of halogens is 1. The van der Waals surface area contributed by atoms with Crippen LogP contribution in [0.4, 0.5) is 4.79 Å². The molecule has 0 rings (SSSR count). The van der Waals surface area contributed by atoms with Crippen molar-refractivity contribution in [3.8, 4) is 0 Å². The molecule has 0 aromatic rings. The van der Waals surface area contributed by atoms with E-state index in [4.69, 9.17) is 5.73 Å². The topological polar surface area (TPSA) is 78.6 Å². The maximum Gasteiger partial charge on any atom is 0.516 e. The first-order chi connectivity index (χ1) is 5.56. The van der Waals surface area contributed by atoms with Crippen LogP contribution in [0.5, 0.6) is 0 Å². The number of carbonyl (C=O) groups excluding carboxylic acids is 2. The molecule has 0 aliphatic heterocycles. The first kappa shape index (κ1) is 14.7. The van der Waals surface area contributed by atoms with Gasteiger partial charge in [0.2, 0.25) is 0 Å². The molecule has 0 fully saturated rings. The van der Waals surface area contributed by atoms with Crippen LogP contribution in [-0.4, -0.2) is 24.8 Å². The zero-order valence-electron chi connectivity index (χ0n) is 7.61. The maximum atomic E-state index is 10.7. The van der Waals surface area contributed by atoms with E-state index in [1.165, 1.54) is 0 Å². The van der Waals surface area contributed by atoms with Gasteiger partial charge in [0.25, 0.3) is 0 Å². The molecule has 1 atom stereocenters. The predicted octanol–water partition coefficient (Wildman–Crippen LogP) is 0.845. The van der Waals surface area contributed by atoms with Crippen molar-refractivity contribution in [3.63, 3.8) is 0 Å². The summed E-state index contributed by atoms with van der Waals surface area (Å²) in [7, 11) is 0. The summed E-state index contributed by atoms with van der Waals surface area (Å²) in [5.41, 5.74) is 5.29. The summed E-state index contributed by atoms with van der Waals surface area (Å²) < 4.78 is 8.59. The number of nitrogens with two attached hydrogens (primary N) is 1. The van der Waals surface area contributed by atoms with Crippen molar-refractivity contribution >= 4 is 24.5 Å². The van der Waals surface area contributed by atoms with E-state index in [1.54, 1.807) is 13.8 Å². The van der Waals surface area contributed by atoms with Crippen molar-refractivity contribution in [2.75, 3.05) is 6.61 Å². The van der Waals surface area contributed by atoms with E-state index in [0.29, 0.717) is 0 Å². The zero-order chi connectivity index (χ0) is 9.56. The van der Waals surface area contributed by atoms with Crippen LogP contribution in [0.1, 0.15) is 20.3 Å². The first-order valence-electron chi connectivity index (χ1n) is 3.69. The molecule has 0 unspecified atom stereocenters. The van der Waals surface area contributed by atoms with Gasteiger partial charge in [0, 0.05) is 6.04 Å². The molecule has 78 valence electrons. The summed E-state index contributed by atoms with van der Waals surface area (Å²) in [6, 6.07) is -0.313. The lowest BCUT2D eigenvalue weighted by Gasteiger charge is -2.04. The van der Waals surface area contributed by atoms with Gasteiger partial charge in [-0.2, -0.15) is 0 Å². The minimum atomic E-state index is -0.969. The Morgan fingerprint density at radius 2 is 2.00 bits per heavy atom. The van der Waals surface area contributed by atoms with Crippen molar-refractivity contribution in [2.24, 2.45) is 5.73 Å². The van der Waals surface area contributed by atoms with Gasteiger partial charge in [0.05, 0.1) is 13.0 Å². The van der Waals surface area contributed by atoms with Crippen LogP contribution in [0.15, 0.2) is 0 Å². The van der Waals surface area contributed by atoms with Gasteiger partial charge in [-0.3, -0.25) is 4.79 Å². The minimum Gasteiger partial charge on any atom is -0.434 e. The highest BCUT2D eigenvalue weighted by atomic mass is 35.5. The molecule has 0 saturated heterocycles. The summed E-state index contributed by atoms with van der Waals surface area (Å²) in [6.45, 7) is 3.45. The Bertz CT molecular complexity index is 172. The lowest BCUT2D eigenvalue weighted by atomic mass is 10.3. The molecule has 0 aromatic carbocycles. The Morgan fingerprint density at radius 1 is 1.46 bits per heavy atom. The fourth-order valence-corrected chi connectivity index (χ4v) is 0.545. The highest BCUT2D eigenvalue weighted by Crippen LogP contribution is 1.93. The maximum absolute atomic E-state index is 10.7. The highest BCUT2D eigenvalue weighted by Gasteiger charge is 2.12. The summed E-state index contributed by atoms with van der Waals surface area (Å²) in [6.07, 6.45) is -0.957. The molecule has 0 heterocycles. The molecule has 0 aliphatic carbocycles. The summed E-state index contributed by atoms with van der Waals surface area (Å²) in [5, 5.41) is 0. The van der Waals surface area contributed by atoms with Crippen molar-refractivity contribution in [1.82, 2.24) is 0 Å². The van der Waals surface area contributed by atoms with Gasteiger partial charge >= 0.3 is 12.1 Å². The van der Waals surface area contributed by atoms with Crippen LogP contribution in [-0.2, 0) is 14.3 Å². The molecule has 0 spiro atoms. The third kappa shape index (κ3) is 9.10.